The first-order valence-electron chi connectivity index (χ1n) is 9.07. The van der Waals surface area contributed by atoms with Crippen LogP contribution in [0.4, 0.5) is 5.69 Å². The monoisotopic (exact) mass is 346 g/mol. The van der Waals surface area contributed by atoms with Crippen molar-refractivity contribution in [2.75, 3.05) is 5.43 Å². The molecule has 2 nitrogen and oxygen atoms in total. The number of para-hydroxylation sites is 1. The summed E-state index contributed by atoms with van der Waals surface area (Å²) in [5.74, 6) is 0. The molecule has 0 aliphatic carbocycles. The van der Waals surface area contributed by atoms with E-state index in [4.69, 9.17) is 0 Å². The summed E-state index contributed by atoms with van der Waals surface area (Å²) in [6.07, 6.45) is 5.68. The van der Waals surface area contributed by atoms with Crippen LogP contribution in [0, 0.1) is 0 Å². The van der Waals surface area contributed by atoms with Crippen LogP contribution in [0.15, 0.2) is 96.1 Å². The SMILES string of the molecule is C1=Cc2ccccc2NN=C1.c1cc2ccc3cccc4ccc(c1)c2c34. The summed E-state index contributed by atoms with van der Waals surface area (Å²) in [5.41, 5.74) is 5.16. The van der Waals surface area contributed by atoms with E-state index in [9.17, 15) is 0 Å². The molecule has 0 radical (unpaired) electrons. The van der Waals surface area contributed by atoms with Gasteiger partial charge in [-0.2, -0.15) is 5.10 Å². The van der Waals surface area contributed by atoms with Gasteiger partial charge in [-0.1, -0.05) is 84.9 Å². The standard InChI is InChI=1S/C16H10.C9H8N2/c1-3-11-7-9-13-5-2-6-14-10-8-12(4-1)15(11)16(13)14;1-2-6-9-8(4-1)5-3-7-10-11-9/h1-10H;1-7,11H. The minimum Gasteiger partial charge on any atom is -0.278 e. The first-order valence-corrected chi connectivity index (χ1v) is 9.07. The molecule has 6 rings (SSSR count). The van der Waals surface area contributed by atoms with E-state index in [1.807, 2.05) is 36.4 Å². The second-order valence-corrected chi connectivity index (χ2v) is 6.63. The van der Waals surface area contributed by atoms with Gasteiger partial charge in [0.25, 0.3) is 0 Å². The lowest BCUT2D eigenvalue weighted by molar-refractivity contribution is 1.36. The Morgan fingerprint density at radius 3 is 1.70 bits per heavy atom. The predicted octanol–water partition coefficient (Wildman–Crippen LogP) is 6.70. The predicted molar refractivity (Wildman–Crippen MR) is 118 cm³/mol. The van der Waals surface area contributed by atoms with Crippen LogP contribution in [0.5, 0.6) is 0 Å². The molecule has 128 valence electrons. The molecule has 1 N–H and O–H groups in total. The third-order valence-corrected chi connectivity index (χ3v) is 4.97. The fourth-order valence-electron chi connectivity index (χ4n) is 3.71. The number of hydrogen-bond acceptors (Lipinski definition) is 2. The largest absolute Gasteiger partial charge is 0.278 e. The molecule has 0 amide bonds. The molecule has 5 aromatic carbocycles. The molecular formula is C25H18N2. The van der Waals surface area contributed by atoms with Gasteiger partial charge in [-0.25, -0.2) is 0 Å². The summed E-state index contributed by atoms with van der Waals surface area (Å²) in [6, 6.07) is 29.9. The minimum atomic E-state index is 1.05. The Labute approximate surface area is 157 Å². The Hall–Kier alpha value is -3.65. The van der Waals surface area contributed by atoms with Crippen LogP contribution in [-0.4, -0.2) is 6.21 Å². The third-order valence-electron chi connectivity index (χ3n) is 4.97. The fourth-order valence-corrected chi connectivity index (χ4v) is 3.71. The molecule has 0 aromatic heterocycles. The van der Waals surface area contributed by atoms with Crippen LogP contribution in [0.2, 0.25) is 0 Å². The van der Waals surface area contributed by atoms with Crippen LogP contribution in [0.1, 0.15) is 5.56 Å². The lowest BCUT2D eigenvalue weighted by Crippen LogP contribution is -1.87. The molecule has 0 spiro atoms. The maximum Gasteiger partial charge on any atom is 0.0634 e. The highest BCUT2D eigenvalue weighted by Gasteiger charge is 2.06. The molecule has 1 aliphatic heterocycles. The average Bonchev–Trinajstić information content (AvgIpc) is 2.98. The number of fused-ring (bicyclic) bond motifs is 1. The number of hydrazone groups is 1. The fraction of sp³-hybridized carbons (Fsp3) is 0. The normalized spacial score (nSPS) is 12.4. The Bertz CT molecular complexity index is 1170. The average molecular weight is 346 g/mol. The Morgan fingerprint density at radius 1 is 0.556 bits per heavy atom. The van der Waals surface area contributed by atoms with Crippen LogP contribution < -0.4 is 5.43 Å². The van der Waals surface area contributed by atoms with Crippen molar-refractivity contribution in [1.29, 1.82) is 0 Å². The lowest BCUT2D eigenvalue weighted by Gasteiger charge is -2.09. The highest BCUT2D eigenvalue weighted by molar-refractivity contribution is 6.22. The number of hydrogen-bond donors (Lipinski definition) is 1. The number of nitrogens with zero attached hydrogens (tertiary/aromatic N) is 1. The Balaban J connectivity index is 0.000000128. The molecule has 0 atom stereocenters. The van der Waals surface area contributed by atoms with E-state index in [1.165, 1.54) is 37.9 Å². The molecule has 0 fully saturated rings. The summed E-state index contributed by atoms with van der Waals surface area (Å²) in [7, 11) is 0. The smallest absolute Gasteiger partial charge is 0.0634 e. The lowest BCUT2D eigenvalue weighted by atomic mass is 9.95. The van der Waals surface area contributed by atoms with E-state index in [1.54, 1.807) is 6.21 Å². The molecule has 0 unspecified atom stereocenters. The zero-order chi connectivity index (χ0) is 18.1. The van der Waals surface area contributed by atoms with Gasteiger partial charge in [0.1, 0.15) is 0 Å². The number of allylic oxidation sites excluding steroid dienone is 1. The molecule has 0 bridgehead atoms. The first kappa shape index (κ1) is 15.6. The van der Waals surface area contributed by atoms with Crippen molar-refractivity contribution >= 4 is 50.3 Å². The third kappa shape index (κ3) is 2.81. The van der Waals surface area contributed by atoms with Gasteiger partial charge in [0.05, 0.1) is 5.69 Å². The van der Waals surface area contributed by atoms with E-state index >= 15 is 0 Å². The summed E-state index contributed by atoms with van der Waals surface area (Å²) < 4.78 is 0. The Kier molecular flexibility index (Phi) is 3.80. The van der Waals surface area contributed by atoms with E-state index in [0.717, 1.165) is 5.69 Å². The second kappa shape index (κ2) is 6.58. The summed E-state index contributed by atoms with van der Waals surface area (Å²) >= 11 is 0. The van der Waals surface area contributed by atoms with Gasteiger partial charge in [-0.15, -0.1) is 0 Å². The van der Waals surface area contributed by atoms with E-state index in [0.29, 0.717) is 0 Å². The van der Waals surface area contributed by atoms with Crippen LogP contribution in [0.25, 0.3) is 38.4 Å². The van der Waals surface area contributed by atoms with E-state index in [2.05, 4.69) is 71.2 Å². The topological polar surface area (TPSA) is 24.4 Å². The number of nitrogens with one attached hydrogen (secondary N) is 1. The molecule has 1 heterocycles. The van der Waals surface area contributed by atoms with Crippen LogP contribution in [0.3, 0.4) is 0 Å². The molecule has 0 saturated carbocycles. The van der Waals surface area contributed by atoms with Crippen molar-refractivity contribution < 1.29 is 0 Å². The molecule has 1 aliphatic rings. The molecule has 5 aromatic rings. The van der Waals surface area contributed by atoms with Gasteiger partial charge in [0, 0.05) is 6.21 Å². The van der Waals surface area contributed by atoms with Gasteiger partial charge in [0.15, 0.2) is 0 Å². The van der Waals surface area contributed by atoms with Crippen molar-refractivity contribution in [2.45, 2.75) is 0 Å². The zero-order valence-corrected chi connectivity index (χ0v) is 14.8. The summed E-state index contributed by atoms with van der Waals surface area (Å²) in [6.45, 7) is 0. The maximum atomic E-state index is 3.95. The van der Waals surface area contributed by atoms with Gasteiger partial charge in [0.2, 0.25) is 0 Å². The minimum absolute atomic E-state index is 1.05. The van der Waals surface area contributed by atoms with E-state index in [-0.39, 0.29) is 0 Å². The zero-order valence-electron chi connectivity index (χ0n) is 14.8. The van der Waals surface area contributed by atoms with Gasteiger partial charge >= 0.3 is 0 Å². The maximum absolute atomic E-state index is 3.95. The number of benzene rings is 5. The first-order chi connectivity index (χ1) is 13.4. The van der Waals surface area contributed by atoms with Crippen LogP contribution in [-0.2, 0) is 0 Å². The summed E-state index contributed by atoms with van der Waals surface area (Å²) in [4.78, 5) is 0. The summed E-state index contributed by atoms with van der Waals surface area (Å²) in [5, 5.41) is 12.1. The highest BCUT2D eigenvalue weighted by atomic mass is 15.3. The highest BCUT2D eigenvalue weighted by Crippen LogP contribution is 2.33. The number of anilines is 1. The molecule has 0 saturated heterocycles. The van der Waals surface area contributed by atoms with Crippen molar-refractivity contribution in [3.63, 3.8) is 0 Å². The van der Waals surface area contributed by atoms with Crippen molar-refractivity contribution in [3.8, 4) is 0 Å². The molecular weight excluding hydrogens is 328 g/mol. The van der Waals surface area contributed by atoms with Crippen molar-refractivity contribution in [2.24, 2.45) is 5.10 Å². The second-order valence-electron chi connectivity index (χ2n) is 6.63. The molecule has 27 heavy (non-hydrogen) atoms. The van der Waals surface area contributed by atoms with Crippen molar-refractivity contribution in [3.05, 3.63) is 96.6 Å². The van der Waals surface area contributed by atoms with Gasteiger partial charge in [-0.05, 0) is 50.0 Å². The van der Waals surface area contributed by atoms with Gasteiger partial charge in [-0.3, -0.25) is 5.43 Å². The molecule has 2 heteroatoms. The Morgan fingerprint density at radius 2 is 1.11 bits per heavy atom. The van der Waals surface area contributed by atoms with Gasteiger partial charge < -0.3 is 0 Å². The van der Waals surface area contributed by atoms with E-state index < -0.39 is 0 Å². The number of rotatable bonds is 0. The quantitative estimate of drug-likeness (QED) is 0.310. The van der Waals surface area contributed by atoms with Crippen molar-refractivity contribution in [1.82, 2.24) is 0 Å². The van der Waals surface area contributed by atoms with Crippen LogP contribution >= 0.6 is 0 Å².